The molecule has 84 valence electrons. The fourth-order valence-corrected chi connectivity index (χ4v) is 1.54. The molecule has 2 rings (SSSR count). The molecular formula is C11H14N4O. The van der Waals surface area contributed by atoms with Gasteiger partial charge >= 0.3 is 0 Å². The van der Waals surface area contributed by atoms with Crippen LogP contribution in [-0.4, -0.2) is 30.0 Å². The molecule has 16 heavy (non-hydrogen) atoms. The van der Waals surface area contributed by atoms with Crippen LogP contribution in [0, 0.1) is 0 Å². The number of hydrogen-bond acceptors (Lipinski definition) is 3. The van der Waals surface area contributed by atoms with Crippen LogP contribution < -0.4 is 11.2 Å². The molecule has 2 aromatic rings. The van der Waals surface area contributed by atoms with Crippen molar-refractivity contribution in [2.45, 2.75) is 0 Å². The van der Waals surface area contributed by atoms with Gasteiger partial charge in [-0.2, -0.15) is 0 Å². The molecule has 1 aromatic heterocycles. The van der Waals surface area contributed by atoms with Gasteiger partial charge in [0, 0.05) is 30.7 Å². The number of aromatic amines is 1. The summed E-state index contributed by atoms with van der Waals surface area (Å²) in [6.07, 6.45) is 0. The van der Waals surface area contributed by atoms with Crippen molar-refractivity contribution in [1.29, 1.82) is 0 Å². The molecule has 0 bridgehead atoms. The first kappa shape index (κ1) is 10.5. The minimum atomic E-state index is -0.167. The van der Waals surface area contributed by atoms with E-state index in [2.05, 4.69) is 10.4 Å². The molecule has 0 radical (unpaired) electrons. The highest BCUT2D eigenvalue weighted by Crippen LogP contribution is 2.18. The topological polar surface area (TPSA) is 74.2 Å². The lowest BCUT2D eigenvalue weighted by atomic mass is 10.2. The lowest BCUT2D eigenvalue weighted by Crippen LogP contribution is -2.36. The van der Waals surface area contributed by atoms with Gasteiger partial charge in [-0.15, -0.1) is 0 Å². The van der Waals surface area contributed by atoms with Gasteiger partial charge in [0.1, 0.15) is 5.69 Å². The van der Waals surface area contributed by atoms with Gasteiger partial charge in [0.05, 0.1) is 0 Å². The summed E-state index contributed by atoms with van der Waals surface area (Å²) in [5.41, 5.74) is 10.4. The molecule has 0 spiro atoms. The van der Waals surface area contributed by atoms with E-state index in [0.717, 1.165) is 10.9 Å². The van der Waals surface area contributed by atoms with Gasteiger partial charge in [0.25, 0.3) is 5.91 Å². The molecule has 0 atom stereocenters. The van der Waals surface area contributed by atoms with Gasteiger partial charge in [-0.05, 0) is 24.3 Å². The van der Waals surface area contributed by atoms with Crippen molar-refractivity contribution in [3.8, 4) is 0 Å². The Kier molecular flexibility index (Phi) is 2.54. The standard InChI is InChI=1S/C11H14N4O/c1-15(2)14-11(16)10-6-7-5-8(12)3-4-9(7)13-10/h3-6,13H,12H2,1-2H3,(H,14,16). The zero-order valence-electron chi connectivity index (χ0n) is 9.24. The van der Waals surface area contributed by atoms with Crippen molar-refractivity contribution in [3.05, 3.63) is 30.0 Å². The SMILES string of the molecule is CN(C)NC(=O)c1cc2cc(N)ccc2[nH]1. The molecular weight excluding hydrogens is 204 g/mol. The third kappa shape index (κ3) is 1.99. The monoisotopic (exact) mass is 218 g/mol. The first-order valence-electron chi connectivity index (χ1n) is 4.93. The van der Waals surface area contributed by atoms with E-state index in [9.17, 15) is 4.79 Å². The quantitative estimate of drug-likeness (QED) is 0.519. The second-order valence-corrected chi connectivity index (χ2v) is 3.87. The second kappa shape index (κ2) is 3.86. The Hall–Kier alpha value is -2.01. The van der Waals surface area contributed by atoms with Crippen molar-refractivity contribution in [1.82, 2.24) is 15.4 Å². The smallest absolute Gasteiger partial charge is 0.281 e. The number of hydrogen-bond donors (Lipinski definition) is 3. The van der Waals surface area contributed by atoms with Crippen LogP contribution >= 0.6 is 0 Å². The Morgan fingerprint density at radius 2 is 2.12 bits per heavy atom. The fourth-order valence-electron chi connectivity index (χ4n) is 1.54. The molecule has 0 aliphatic rings. The van der Waals surface area contributed by atoms with Crippen LogP contribution in [0.25, 0.3) is 10.9 Å². The summed E-state index contributed by atoms with van der Waals surface area (Å²) in [4.78, 5) is 14.7. The number of aromatic nitrogens is 1. The molecule has 0 saturated carbocycles. The summed E-state index contributed by atoms with van der Waals surface area (Å²) < 4.78 is 0. The molecule has 5 heteroatoms. The van der Waals surface area contributed by atoms with Gasteiger partial charge in [0.2, 0.25) is 0 Å². The van der Waals surface area contributed by atoms with Gasteiger partial charge in [-0.3, -0.25) is 10.2 Å². The molecule has 5 nitrogen and oxygen atoms in total. The Morgan fingerprint density at radius 1 is 1.38 bits per heavy atom. The van der Waals surface area contributed by atoms with Crippen molar-refractivity contribution < 1.29 is 4.79 Å². The van der Waals surface area contributed by atoms with E-state index in [4.69, 9.17) is 5.73 Å². The molecule has 0 saturated heterocycles. The Balaban J connectivity index is 2.36. The number of nitrogen functional groups attached to an aromatic ring is 1. The molecule has 0 aliphatic carbocycles. The highest BCUT2D eigenvalue weighted by molar-refractivity contribution is 5.98. The number of nitrogens with zero attached hydrogens (tertiary/aromatic N) is 1. The fraction of sp³-hybridized carbons (Fsp3) is 0.182. The molecule has 1 amide bonds. The first-order chi connectivity index (χ1) is 7.56. The molecule has 0 unspecified atom stereocenters. The maximum atomic E-state index is 11.7. The van der Waals surface area contributed by atoms with Crippen molar-refractivity contribution >= 4 is 22.5 Å². The van der Waals surface area contributed by atoms with Gasteiger partial charge in [-0.25, -0.2) is 5.01 Å². The second-order valence-electron chi connectivity index (χ2n) is 3.87. The highest BCUT2D eigenvalue weighted by atomic mass is 16.2. The number of hydrazine groups is 1. The van der Waals surface area contributed by atoms with Crippen molar-refractivity contribution in [2.75, 3.05) is 19.8 Å². The van der Waals surface area contributed by atoms with Crippen LogP contribution in [0.2, 0.25) is 0 Å². The Labute approximate surface area is 93.2 Å². The van der Waals surface area contributed by atoms with Gasteiger partial charge in [0.15, 0.2) is 0 Å². The predicted molar refractivity (Wildman–Crippen MR) is 63.9 cm³/mol. The molecule has 0 fully saturated rings. The summed E-state index contributed by atoms with van der Waals surface area (Å²) in [7, 11) is 3.52. The van der Waals surface area contributed by atoms with Crippen LogP contribution in [0.15, 0.2) is 24.3 Å². The highest BCUT2D eigenvalue weighted by Gasteiger charge is 2.09. The summed E-state index contributed by atoms with van der Waals surface area (Å²) in [5, 5.41) is 2.53. The first-order valence-corrected chi connectivity index (χ1v) is 4.93. The number of anilines is 1. The lowest BCUT2D eigenvalue weighted by Gasteiger charge is -2.10. The van der Waals surface area contributed by atoms with E-state index in [0.29, 0.717) is 11.4 Å². The van der Waals surface area contributed by atoms with Crippen LogP contribution in [0.1, 0.15) is 10.5 Å². The molecule has 1 aromatic carbocycles. The zero-order chi connectivity index (χ0) is 11.7. The van der Waals surface area contributed by atoms with E-state index < -0.39 is 0 Å². The number of nitrogens with one attached hydrogen (secondary N) is 2. The van der Waals surface area contributed by atoms with E-state index in [1.54, 1.807) is 31.2 Å². The third-order valence-corrected chi connectivity index (χ3v) is 2.21. The number of amides is 1. The molecule has 1 heterocycles. The van der Waals surface area contributed by atoms with Crippen LogP contribution in [-0.2, 0) is 0 Å². The Bertz CT molecular complexity index is 530. The number of carbonyl (C=O) groups is 1. The number of rotatable bonds is 2. The average Bonchev–Trinajstić information content (AvgIpc) is 2.59. The zero-order valence-corrected chi connectivity index (χ0v) is 9.24. The predicted octanol–water partition coefficient (Wildman–Crippen LogP) is 0.956. The normalized spacial score (nSPS) is 10.9. The maximum Gasteiger partial charge on any atom is 0.281 e. The van der Waals surface area contributed by atoms with Crippen LogP contribution in [0.3, 0.4) is 0 Å². The summed E-state index contributed by atoms with van der Waals surface area (Å²) in [6, 6.07) is 7.27. The molecule has 0 aliphatic heterocycles. The van der Waals surface area contributed by atoms with E-state index >= 15 is 0 Å². The lowest BCUT2D eigenvalue weighted by molar-refractivity contribution is 0.0852. The number of H-pyrrole nitrogens is 1. The number of benzene rings is 1. The summed E-state index contributed by atoms with van der Waals surface area (Å²) in [5.74, 6) is -0.167. The minimum absolute atomic E-state index is 0.167. The van der Waals surface area contributed by atoms with E-state index in [1.807, 2.05) is 12.1 Å². The van der Waals surface area contributed by atoms with Gasteiger partial charge < -0.3 is 10.7 Å². The van der Waals surface area contributed by atoms with E-state index in [-0.39, 0.29) is 5.91 Å². The number of carbonyl (C=O) groups excluding carboxylic acids is 1. The van der Waals surface area contributed by atoms with Crippen LogP contribution in [0.4, 0.5) is 5.69 Å². The van der Waals surface area contributed by atoms with Crippen LogP contribution in [0.5, 0.6) is 0 Å². The third-order valence-electron chi connectivity index (χ3n) is 2.21. The van der Waals surface area contributed by atoms with Crippen molar-refractivity contribution in [2.24, 2.45) is 0 Å². The molecule has 4 N–H and O–H groups in total. The van der Waals surface area contributed by atoms with Crippen molar-refractivity contribution in [3.63, 3.8) is 0 Å². The summed E-state index contributed by atoms with van der Waals surface area (Å²) >= 11 is 0. The number of fused-ring (bicyclic) bond motifs is 1. The maximum absolute atomic E-state index is 11.7. The summed E-state index contributed by atoms with van der Waals surface area (Å²) in [6.45, 7) is 0. The largest absolute Gasteiger partial charge is 0.399 e. The number of nitrogens with two attached hydrogens (primary N) is 1. The average molecular weight is 218 g/mol. The Morgan fingerprint density at radius 3 is 2.81 bits per heavy atom. The van der Waals surface area contributed by atoms with Gasteiger partial charge in [-0.1, -0.05) is 0 Å². The van der Waals surface area contributed by atoms with E-state index in [1.165, 1.54) is 0 Å². The minimum Gasteiger partial charge on any atom is -0.399 e.